The van der Waals surface area contributed by atoms with Gasteiger partial charge in [-0.2, -0.15) is 0 Å². The van der Waals surface area contributed by atoms with Gasteiger partial charge in [-0.05, 0) is 56.2 Å². The molecule has 2 aromatic carbocycles. The van der Waals surface area contributed by atoms with Crippen LogP contribution in [0.1, 0.15) is 92.6 Å². The van der Waals surface area contributed by atoms with E-state index in [-0.39, 0.29) is 5.78 Å². The van der Waals surface area contributed by atoms with Crippen molar-refractivity contribution in [1.82, 2.24) is 0 Å². The highest BCUT2D eigenvalue weighted by atomic mass is 32.1. The van der Waals surface area contributed by atoms with Crippen molar-refractivity contribution in [3.63, 3.8) is 0 Å². The zero-order valence-corrected chi connectivity index (χ0v) is 23.1. The van der Waals surface area contributed by atoms with E-state index in [0.717, 1.165) is 42.7 Å². The van der Waals surface area contributed by atoms with Crippen LogP contribution in [-0.2, 0) is 11.3 Å². The molecule has 37 heavy (non-hydrogen) atoms. The highest BCUT2D eigenvalue weighted by Crippen LogP contribution is 2.37. The van der Waals surface area contributed by atoms with Gasteiger partial charge in [0.25, 0.3) is 0 Å². The number of benzene rings is 2. The maximum Gasteiger partial charge on any atom is 0.191 e. The highest BCUT2D eigenvalue weighted by molar-refractivity contribution is 7.80. The number of fused-ring (bicyclic) bond motifs is 1. The summed E-state index contributed by atoms with van der Waals surface area (Å²) in [6.07, 6.45) is 11.6. The van der Waals surface area contributed by atoms with Crippen molar-refractivity contribution in [3.05, 3.63) is 53.1 Å². The first-order chi connectivity index (χ1) is 18.0. The minimum atomic E-state index is -0.409. The van der Waals surface area contributed by atoms with Gasteiger partial charge >= 0.3 is 0 Å². The van der Waals surface area contributed by atoms with Crippen molar-refractivity contribution in [3.8, 4) is 17.2 Å². The number of methoxy groups -OCH3 is 1. The average molecular weight is 528 g/mol. The van der Waals surface area contributed by atoms with E-state index in [1.807, 2.05) is 36.4 Å². The second-order valence-corrected chi connectivity index (χ2v) is 10.0. The van der Waals surface area contributed by atoms with Gasteiger partial charge in [0.1, 0.15) is 16.8 Å². The molecule has 2 N–H and O–H groups in total. The molecule has 0 amide bonds. The topological polar surface area (TPSA) is 80.0 Å². The van der Waals surface area contributed by atoms with E-state index in [0.29, 0.717) is 35.3 Å². The lowest BCUT2D eigenvalue weighted by Gasteiger charge is -2.24. The molecule has 1 aliphatic heterocycles. The van der Waals surface area contributed by atoms with E-state index >= 15 is 0 Å². The Morgan fingerprint density at radius 2 is 1.46 bits per heavy atom. The summed E-state index contributed by atoms with van der Waals surface area (Å²) in [5.41, 5.74) is 7.97. The molecule has 202 valence electrons. The first kappa shape index (κ1) is 28.9. The number of rotatable bonds is 17. The zero-order valence-electron chi connectivity index (χ0n) is 22.3. The average Bonchev–Trinajstić information content (AvgIpc) is 2.91. The number of Topliss-reactive ketones (excluding diaryl/α,β-unsaturated/α-hetero) is 1. The van der Waals surface area contributed by atoms with E-state index in [2.05, 4.69) is 0 Å². The van der Waals surface area contributed by atoms with Crippen molar-refractivity contribution in [2.75, 3.05) is 20.3 Å². The number of carbonyl (C=O) groups excluding carboxylic acids is 1. The van der Waals surface area contributed by atoms with Crippen LogP contribution in [0.4, 0.5) is 0 Å². The van der Waals surface area contributed by atoms with E-state index in [1.165, 1.54) is 44.9 Å². The zero-order chi connectivity index (χ0) is 26.5. The van der Waals surface area contributed by atoms with Crippen LogP contribution in [0, 0.1) is 0 Å². The third-order valence-electron chi connectivity index (χ3n) is 6.75. The van der Waals surface area contributed by atoms with Crippen LogP contribution >= 0.6 is 12.2 Å². The number of unbranched alkanes of at least 4 members (excludes halogenated alkanes) is 9. The van der Waals surface area contributed by atoms with Crippen LogP contribution in [0.2, 0.25) is 0 Å². The van der Waals surface area contributed by atoms with Crippen molar-refractivity contribution >= 4 is 23.0 Å². The normalized spacial score (nSPS) is 14.8. The van der Waals surface area contributed by atoms with Gasteiger partial charge in [-0.25, -0.2) is 0 Å². The van der Waals surface area contributed by atoms with Crippen molar-refractivity contribution in [1.29, 1.82) is 0 Å². The first-order valence-electron chi connectivity index (χ1n) is 13.5. The standard InChI is InChI=1S/C30H41NO5S/c1-22-28(32)25-17-18-27(33-2)29(26(25)21-36-22)35-20-12-10-8-6-4-3-5-7-9-11-19-34-24-15-13-23(14-16-24)30(31)37/h13-18,22H,3-12,19-21H2,1-2H3,(H2,31,37). The number of ether oxygens (including phenoxy) is 4. The molecular formula is C30H41NO5S. The molecule has 0 saturated heterocycles. The minimum absolute atomic E-state index is 0.00175. The summed E-state index contributed by atoms with van der Waals surface area (Å²) in [7, 11) is 1.62. The van der Waals surface area contributed by atoms with Gasteiger partial charge in [-0.1, -0.05) is 63.6 Å². The molecule has 0 aromatic heterocycles. The first-order valence-corrected chi connectivity index (χ1v) is 13.9. The Bertz CT molecular complexity index is 1010. The lowest BCUT2D eigenvalue weighted by Crippen LogP contribution is -2.27. The smallest absolute Gasteiger partial charge is 0.191 e. The highest BCUT2D eigenvalue weighted by Gasteiger charge is 2.28. The molecule has 1 unspecified atom stereocenters. The lowest BCUT2D eigenvalue weighted by molar-refractivity contribution is 0.0324. The number of carbonyl (C=O) groups is 1. The molecule has 0 radical (unpaired) electrons. The number of hydrogen-bond donors (Lipinski definition) is 1. The number of hydrogen-bond acceptors (Lipinski definition) is 6. The van der Waals surface area contributed by atoms with Crippen LogP contribution in [-0.4, -0.2) is 37.2 Å². The van der Waals surface area contributed by atoms with Crippen molar-refractivity contribution in [2.24, 2.45) is 5.73 Å². The van der Waals surface area contributed by atoms with Gasteiger partial charge in [0.15, 0.2) is 17.3 Å². The van der Waals surface area contributed by atoms with Gasteiger partial charge in [-0.3, -0.25) is 4.79 Å². The maximum atomic E-state index is 12.4. The number of thiocarbonyl (C=S) groups is 1. The molecule has 0 bridgehead atoms. The third-order valence-corrected chi connectivity index (χ3v) is 6.98. The maximum absolute atomic E-state index is 12.4. The van der Waals surface area contributed by atoms with Crippen molar-refractivity contribution in [2.45, 2.75) is 83.8 Å². The Morgan fingerprint density at radius 3 is 2.03 bits per heavy atom. The molecule has 2 aromatic rings. The molecule has 0 saturated carbocycles. The Kier molecular flexibility index (Phi) is 12.2. The van der Waals surface area contributed by atoms with E-state index < -0.39 is 6.10 Å². The Hall–Kier alpha value is -2.64. The monoisotopic (exact) mass is 527 g/mol. The molecule has 6 nitrogen and oxygen atoms in total. The molecule has 0 spiro atoms. The summed E-state index contributed by atoms with van der Waals surface area (Å²) >= 11 is 4.96. The summed E-state index contributed by atoms with van der Waals surface area (Å²) in [6.45, 7) is 3.52. The van der Waals surface area contributed by atoms with Crippen LogP contribution in [0.5, 0.6) is 17.2 Å². The molecular weight excluding hydrogens is 486 g/mol. The largest absolute Gasteiger partial charge is 0.494 e. The molecule has 0 aliphatic carbocycles. The minimum Gasteiger partial charge on any atom is -0.494 e. The van der Waals surface area contributed by atoms with E-state index in [1.54, 1.807) is 14.0 Å². The summed E-state index contributed by atoms with van der Waals surface area (Å²) < 4.78 is 22.9. The predicted molar refractivity (Wildman–Crippen MR) is 151 cm³/mol. The SMILES string of the molecule is COc1ccc2c(c1OCCCCCCCCCCCCOc1ccc(C(N)=S)cc1)COC(C)C2=O. The fourth-order valence-electron chi connectivity index (χ4n) is 4.50. The fourth-order valence-corrected chi connectivity index (χ4v) is 4.64. The second kappa shape index (κ2) is 15.6. The molecule has 1 atom stereocenters. The van der Waals surface area contributed by atoms with Crippen LogP contribution in [0.25, 0.3) is 0 Å². The van der Waals surface area contributed by atoms with Gasteiger partial charge in [-0.15, -0.1) is 0 Å². The number of nitrogens with two attached hydrogens (primary N) is 1. The summed E-state index contributed by atoms with van der Waals surface area (Å²) in [4.78, 5) is 12.8. The van der Waals surface area contributed by atoms with Gasteiger partial charge in [0.2, 0.25) is 0 Å². The molecule has 1 heterocycles. The van der Waals surface area contributed by atoms with Gasteiger partial charge in [0.05, 0.1) is 26.9 Å². The summed E-state index contributed by atoms with van der Waals surface area (Å²) in [5, 5.41) is 0. The second-order valence-electron chi connectivity index (χ2n) is 9.56. The Morgan fingerprint density at radius 1 is 0.892 bits per heavy atom. The van der Waals surface area contributed by atoms with Crippen molar-refractivity contribution < 1.29 is 23.7 Å². The molecule has 0 fully saturated rings. The third kappa shape index (κ3) is 9.00. The fraction of sp³-hybridized carbons (Fsp3) is 0.533. The summed E-state index contributed by atoms with van der Waals surface area (Å²) in [5.74, 6) is 2.18. The van der Waals surface area contributed by atoms with Crippen LogP contribution < -0.4 is 19.9 Å². The molecule has 3 rings (SSSR count). The number of ketones is 1. The van der Waals surface area contributed by atoms with Crippen LogP contribution in [0.3, 0.4) is 0 Å². The van der Waals surface area contributed by atoms with Gasteiger partial charge < -0.3 is 24.7 Å². The Labute approximate surface area is 226 Å². The quantitative estimate of drug-likeness (QED) is 0.179. The van der Waals surface area contributed by atoms with E-state index in [4.69, 9.17) is 36.9 Å². The molecule has 1 aliphatic rings. The molecule has 7 heteroatoms. The summed E-state index contributed by atoms with van der Waals surface area (Å²) in [6, 6.07) is 11.3. The van der Waals surface area contributed by atoms with Gasteiger partial charge in [0, 0.05) is 16.7 Å². The lowest BCUT2D eigenvalue weighted by atomic mass is 9.97. The Balaban J connectivity index is 1.18. The van der Waals surface area contributed by atoms with E-state index in [9.17, 15) is 4.79 Å². The predicted octanol–water partition coefficient (Wildman–Crippen LogP) is 6.79. The van der Waals surface area contributed by atoms with Crippen LogP contribution in [0.15, 0.2) is 36.4 Å².